The number of nitrogens with two attached hydrogens (primary N) is 1. The lowest BCUT2D eigenvalue weighted by molar-refractivity contribution is -0.140. The average Bonchev–Trinajstić information content (AvgIpc) is 2.35. The molecule has 18 heavy (non-hydrogen) atoms. The second kappa shape index (κ2) is 5.31. The molecule has 0 aliphatic heterocycles. The summed E-state index contributed by atoms with van der Waals surface area (Å²) >= 11 is 0. The molecule has 4 heteroatoms. The van der Waals surface area contributed by atoms with Crippen molar-refractivity contribution < 1.29 is 14.3 Å². The quantitative estimate of drug-likeness (QED) is 0.502. The van der Waals surface area contributed by atoms with Gasteiger partial charge in [0.15, 0.2) is 11.8 Å². The molecule has 4 nitrogen and oxygen atoms in total. The number of hydrogen-bond donors (Lipinski definition) is 1. The van der Waals surface area contributed by atoms with E-state index < -0.39 is 17.8 Å². The van der Waals surface area contributed by atoms with Crippen molar-refractivity contribution in [3.05, 3.63) is 35.4 Å². The Hall–Kier alpha value is -1.68. The van der Waals surface area contributed by atoms with Gasteiger partial charge in [-0.25, -0.2) is 4.79 Å². The van der Waals surface area contributed by atoms with Crippen LogP contribution in [0, 0.1) is 0 Å². The summed E-state index contributed by atoms with van der Waals surface area (Å²) in [5.74, 6) is -1.15. The molecule has 0 amide bonds. The van der Waals surface area contributed by atoms with E-state index in [1.807, 2.05) is 12.1 Å². The number of ether oxygens (including phenoxy) is 1. The highest BCUT2D eigenvalue weighted by Gasteiger charge is 2.24. The summed E-state index contributed by atoms with van der Waals surface area (Å²) in [5, 5.41) is 0. The number of hydrogen-bond acceptors (Lipinski definition) is 4. The fourth-order valence-corrected chi connectivity index (χ4v) is 1.55. The molecule has 1 rings (SSSR count). The van der Waals surface area contributed by atoms with Gasteiger partial charge >= 0.3 is 5.97 Å². The number of carbonyl (C=O) groups is 2. The fourth-order valence-electron chi connectivity index (χ4n) is 1.55. The van der Waals surface area contributed by atoms with Crippen molar-refractivity contribution in [2.75, 3.05) is 7.11 Å². The number of methoxy groups -OCH3 is 1. The standard InChI is InChI=1S/C14H19NO3/c1-14(2,3)10-7-5-9(6-8-10)12(16)11(15)13(17)18-4/h5-8,11H,15H2,1-4H3. The van der Waals surface area contributed by atoms with E-state index >= 15 is 0 Å². The SMILES string of the molecule is COC(=O)C(N)C(=O)c1ccc(C(C)(C)C)cc1. The Morgan fingerprint density at radius 1 is 1.17 bits per heavy atom. The normalized spacial score (nSPS) is 12.9. The highest BCUT2D eigenvalue weighted by atomic mass is 16.5. The maximum atomic E-state index is 11.9. The summed E-state index contributed by atoms with van der Waals surface area (Å²) in [4.78, 5) is 23.1. The molecule has 0 saturated carbocycles. The first-order valence-electron chi connectivity index (χ1n) is 5.75. The molecule has 0 spiro atoms. The molecular formula is C14H19NO3. The van der Waals surface area contributed by atoms with E-state index in [1.54, 1.807) is 12.1 Å². The van der Waals surface area contributed by atoms with E-state index in [4.69, 9.17) is 5.73 Å². The van der Waals surface area contributed by atoms with E-state index in [0.717, 1.165) is 5.56 Å². The van der Waals surface area contributed by atoms with Gasteiger partial charge in [0, 0.05) is 5.56 Å². The Morgan fingerprint density at radius 3 is 2.06 bits per heavy atom. The van der Waals surface area contributed by atoms with Crippen LogP contribution in [-0.2, 0) is 14.9 Å². The van der Waals surface area contributed by atoms with E-state index in [2.05, 4.69) is 25.5 Å². The molecule has 0 aromatic heterocycles. The van der Waals surface area contributed by atoms with Gasteiger partial charge in [-0.2, -0.15) is 0 Å². The molecule has 98 valence electrons. The zero-order chi connectivity index (χ0) is 13.9. The Labute approximate surface area is 107 Å². The average molecular weight is 249 g/mol. The lowest BCUT2D eigenvalue weighted by Crippen LogP contribution is -2.39. The smallest absolute Gasteiger partial charge is 0.330 e. The first kappa shape index (κ1) is 14.4. The van der Waals surface area contributed by atoms with Crippen LogP contribution >= 0.6 is 0 Å². The number of carbonyl (C=O) groups excluding carboxylic acids is 2. The molecule has 1 unspecified atom stereocenters. The zero-order valence-corrected chi connectivity index (χ0v) is 11.2. The van der Waals surface area contributed by atoms with Gasteiger partial charge in [0.1, 0.15) is 0 Å². The van der Waals surface area contributed by atoms with E-state index in [9.17, 15) is 9.59 Å². The molecule has 0 saturated heterocycles. The molecule has 0 aliphatic carbocycles. The first-order chi connectivity index (χ1) is 8.27. The van der Waals surface area contributed by atoms with E-state index in [1.165, 1.54) is 7.11 Å². The van der Waals surface area contributed by atoms with Gasteiger partial charge in [0.2, 0.25) is 0 Å². The minimum Gasteiger partial charge on any atom is -0.468 e. The van der Waals surface area contributed by atoms with Crippen LogP contribution < -0.4 is 5.73 Å². The fraction of sp³-hybridized carbons (Fsp3) is 0.429. The molecular weight excluding hydrogens is 230 g/mol. The number of rotatable bonds is 3. The van der Waals surface area contributed by atoms with Crippen LogP contribution in [0.1, 0.15) is 36.7 Å². The van der Waals surface area contributed by atoms with E-state index in [0.29, 0.717) is 5.56 Å². The summed E-state index contributed by atoms with van der Waals surface area (Å²) in [7, 11) is 1.21. The molecule has 0 heterocycles. The molecule has 0 bridgehead atoms. The molecule has 1 atom stereocenters. The summed E-state index contributed by atoms with van der Waals surface area (Å²) in [6.45, 7) is 6.26. The Morgan fingerprint density at radius 2 is 1.67 bits per heavy atom. The topological polar surface area (TPSA) is 69.4 Å². The molecule has 0 aliphatic rings. The summed E-state index contributed by atoms with van der Waals surface area (Å²) in [5.41, 5.74) is 7.06. The third kappa shape index (κ3) is 3.17. The third-order valence-electron chi connectivity index (χ3n) is 2.77. The van der Waals surface area contributed by atoms with E-state index in [-0.39, 0.29) is 5.41 Å². The van der Waals surface area contributed by atoms with Crippen LogP contribution in [0.4, 0.5) is 0 Å². The van der Waals surface area contributed by atoms with Crippen LogP contribution in [0.25, 0.3) is 0 Å². The van der Waals surface area contributed by atoms with Gasteiger partial charge in [0.05, 0.1) is 7.11 Å². The van der Waals surface area contributed by atoms with Crippen molar-refractivity contribution in [2.24, 2.45) is 5.73 Å². The highest BCUT2D eigenvalue weighted by molar-refractivity contribution is 6.11. The first-order valence-corrected chi connectivity index (χ1v) is 5.75. The lowest BCUT2D eigenvalue weighted by atomic mass is 9.86. The largest absolute Gasteiger partial charge is 0.468 e. The van der Waals surface area contributed by atoms with Crippen molar-refractivity contribution in [2.45, 2.75) is 32.2 Å². The van der Waals surface area contributed by atoms with Gasteiger partial charge in [-0.1, -0.05) is 45.0 Å². The Balaban J connectivity index is 2.92. The van der Waals surface area contributed by atoms with Gasteiger partial charge in [-0.05, 0) is 11.0 Å². The minimum absolute atomic E-state index is 0.0199. The van der Waals surface area contributed by atoms with Gasteiger partial charge < -0.3 is 10.5 Å². The second-order valence-electron chi connectivity index (χ2n) is 5.19. The van der Waals surface area contributed by atoms with Crippen LogP contribution in [0.2, 0.25) is 0 Å². The van der Waals surface area contributed by atoms with Crippen LogP contribution in [0.15, 0.2) is 24.3 Å². The molecule has 2 N–H and O–H groups in total. The highest BCUT2D eigenvalue weighted by Crippen LogP contribution is 2.22. The number of benzene rings is 1. The van der Waals surface area contributed by atoms with Crippen molar-refractivity contribution in [3.63, 3.8) is 0 Å². The number of ketones is 1. The van der Waals surface area contributed by atoms with Crippen molar-refractivity contribution >= 4 is 11.8 Å². The van der Waals surface area contributed by atoms with Crippen molar-refractivity contribution in [1.29, 1.82) is 0 Å². The Bertz CT molecular complexity index is 443. The summed E-state index contributed by atoms with van der Waals surface area (Å²) in [6.07, 6.45) is 0. The molecule has 1 aromatic carbocycles. The van der Waals surface area contributed by atoms with Crippen molar-refractivity contribution in [3.8, 4) is 0 Å². The molecule has 0 radical (unpaired) electrons. The third-order valence-corrected chi connectivity index (χ3v) is 2.77. The number of Topliss-reactive ketones (excluding diaryl/α,β-unsaturated/α-hetero) is 1. The molecule has 1 aromatic rings. The minimum atomic E-state index is -1.25. The predicted octanol–water partition coefficient (Wildman–Crippen LogP) is 1.67. The van der Waals surface area contributed by atoms with Crippen LogP contribution in [0.3, 0.4) is 0 Å². The van der Waals surface area contributed by atoms with Crippen LogP contribution in [-0.4, -0.2) is 24.9 Å². The summed E-state index contributed by atoms with van der Waals surface area (Å²) in [6, 6.07) is 5.86. The van der Waals surface area contributed by atoms with Crippen LogP contribution in [0.5, 0.6) is 0 Å². The number of esters is 1. The zero-order valence-electron chi connectivity index (χ0n) is 11.2. The maximum absolute atomic E-state index is 11.9. The second-order valence-corrected chi connectivity index (χ2v) is 5.19. The van der Waals surface area contributed by atoms with Gasteiger partial charge in [-0.15, -0.1) is 0 Å². The van der Waals surface area contributed by atoms with Crippen molar-refractivity contribution in [1.82, 2.24) is 0 Å². The monoisotopic (exact) mass is 249 g/mol. The van der Waals surface area contributed by atoms with Gasteiger partial charge in [-0.3, -0.25) is 4.79 Å². The summed E-state index contributed by atoms with van der Waals surface area (Å²) < 4.78 is 4.45. The predicted molar refractivity (Wildman–Crippen MR) is 69.5 cm³/mol. The maximum Gasteiger partial charge on any atom is 0.330 e. The molecule has 0 fully saturated rings. The van der Waals surface area contributed by atoms with Gasteiger partial charge in [0.25, 0.3) is 0 Å². The lowest BCUT2D eigenvalue weighted by Gasteiger charge is -2.19. The Kier molecular flexibility index (Phi) is 4.24.